The molecule has 1 saturated carbocycles. The number of hydrogen-bond acceptors (Lipinski definition) is 2. The number of nitrogens with one attached hydrogen (secondary N) is 1. The van der Waals surface area contributed by atoms with E-state index in [2.05, 4.69) is 5.32 Å². The highest BCUT2D eigenvalue weighted by Gasteiger charge is 2.29. The van der Waals surface area contributed by atoms with E-state index < -0.39 is 6.04 Å². The third-order valence-electron chi connectivity index (χ3n) is 5.77. The van der Waals surface area contributed by atoms with Gasteiger partial charge in [-0.3, -0.25) is 9.59 Å². The van der Waals surface area contributed by atoms with Gasteiger partial charge in [-0.05, 0) is 49.4 Å². The van der Waals surface area contributed by atoms with Gasteiger partial charge in [0.1, 0.15) is 6.04 Å². The van der Waals surface area contributed by atoms with Crippen LogP contribution in [0.3, 0.4) is 0 Å². The van der Waals surface area contributed by atoms with Crippen LogP contribution >= 0.6 is 11.6 Å². The lowest BCUT2D eigenvalue weighted by atomic mass is 10.1. The van der Waals surface area contributed by atoms with E-state index >= 15 is 0 Å². The monoisotopic (exact) mass is 412 g/mol. The standard InChI is InChI=1S/C24H29ClN2O2/c1-17-9-3-4-11-20(17)16-27(18(2)24(29)26-21-12-6-7-13-21)23(28)15-19-10-5-8-14-22(19)25/h3-5,8-11,14,18,21H,6-7,12-13,15-16H2,1-2H3,(H,26,29)/t18-/m1/s1. The molecule has 5 heteroatoms. The molecule has 0 radical (unpaired) electrons. The summed E-state index contributed by atoms with van der Waals surface area (Å²) in [5, 5.41) is 3.70. The first-order valence-electron chi connectivity index (χ1n) is 10.3. The Labute approximate surface area is 178 Å². The third kappa shape index (κ3) is 5.60. The highest BCUT2D eigenvalue weighted by molar-refractivity contribution is 6.31. The molecule has 0 aromatic heterocycles. The van der Waals surface area contributed by atoms with Gasteiger partial charge >= 0.3 is 0 Å². The summed E-state index contributed by atoms with van der Waals surface area (Å²) in [6.07, 6.45) is 4.51. The molecule has 29 heavy (non-hydrogen) atoms. The first-order valence-corrected chi connectivity index (χ1v) is 10.7. The zero-order valence-electron chi connectivity index (χ0n) is 17.2. The van der Waals surface area contributed by atoms with E-state index in [1.807, 2.05) is 56.3 Å². The van der Waals surface area contributed by atoms with Gasteiger partial charge in [-0.15, -0.1) is 0 Å². The fourth-order valence-corrected chi connectivity index (χ4v) is 4.05. The van der Waals surface area contributed by atoms with Crippen molar-refractivity contribution in [1.82, 2.24) is 10.2 Å². The van der Waals surface area contributed by atoms with Crippen LogP contribution in [0.1, 0.15) is 49.3 Å². The van der Waals surface area contributed by atoms with Crippen molar-refractivity contribution < 1.29 is 9.59 Å². The molecule has 0 spiro atoms. The molecule has 1 aliphatic carbocycles. The lowest BCUT2D eigenvalue weighted by Crippen LogP contribution is -2.50. The van der Waals surface area contributed by atoms with Gasteiger partial charge in [0.2, 0.25) is 11.8 Å². The Balaban J connectivity index is 1.80. The predicted octanol–water partition coefficient (Wildman–Crippen LogP) is 4.67. The molecule has 3 rings (SSSR count). The Morgan fingerprint density at radius 2 is 1.69 bits per heavy atom. The molecule has 1 aliphatic rings. The molecule has 0 aliphatic heterocycles. The van der Waals surface area contributed by atoms with E-state index in [0.29, 0.717) is 11.6 Å². The molecule has 2 aromatic carbocycles. The number of carbonyl (C=O) groups is 2. The smallest absolute Gasteiger partial charge is 0.242 e. The number of amides is 2. The van der Waals surface area contributed by atoms with Crippen LogP contribution < -0.4 is 5.32 Å². The second-order valence-electron chi connectivity index (χ2n) is 7.88. The molecule has 1 atom stereocenters. The average Bonchev–Trinajstić information content (AvgIpc) is 3.21. The van der Waals surface area contributed by atoms with Gasteiger partial charge < -0.3 is 10.2 Å². The number of rotatable bonds is 7. The first-order chi connectivity index (χ1) is 14.0. The number of nitrogens with zero attached hydrogens (tertiary/aromatic N) is 1. The largest absolute Gasteiger partial charge is 0.352 e. The topological polar surface area (TPSA) is 49.4 Å². The van der Waals surface area contributed by atoms with Crippen LogP contribution in [0.2, 0.25) is 5.02 Å². The minimum absolute atomic E-state index is 0.0852. The van der Waals surface area contributed by atoms with Gasteiger partial charge in [-0.1, -0.05) is 66.9 Å². The summed E-state index contributed by atoms with van der Waals surface area (Å²) in [6.45, 7) is 4.23. The maximum Gasteiger partial charge on any atom is 0.242 e. The number of carbonyl (C=O) groups excluding carboxylic acids is 2. The second-order valence-corrected chi connectivity index (χ2v) is 8.29. The molecule has 1 N–H and O–H groups in total. The van der Waals surface area contributed by atoms with E-state index in [1.54, 1.807) is 11.0 Å². The van der Waals surface area contributed by atoms with Crippen LogP contribution in [0.15, 0.2) is 48.5 Å². The minimum Gasteiger partial charge on any atom is -0.352 e. The van der Waals surface area contributed by atoms with Crippen LogP contribution in [0, 0.1) is 6.92 Å². The zero-order chi connectivity index (χ0) is 20.8. The Morgan fingerprint density at radius 3 is 2.34 bits per heavy atom. The van der Waals surface area contributed by atoms with Crippen molar-refractivity contribution in [2.45, 2.75) is 64.6 Å². The van der Waals surface area contributed by atoms with Gasteiger partial charge in [0.25, 0.3) is 0 Å². The van der Waals surface area contributed by atoms with E-state index in [1.165, 1.54) is 0 Å². The van der Waals surface area contributed by atoms with Gasteiger partial charge in [-0.2, -0.15) is 0 Å². The molecule has 4 nitrogen and oxygen atoms in total. The van der Waals surface area contributed by atoms with Gasteiger partial charge in [0.15, 0.2) is 0 Å². The highest BCUT2D eigenvalue weighted by atomic mass is 35.5. The van der Waals surface area contributed by atoms with Crippen LogP contribution in [-0.2, 0) is 22.6 Å². The Morgan fingerprint density at radius 1 is 1.07 bits per heavy atom. The minimum atomic E-state index is -0.551. The molecular formula is C24H29ClN2O2. The SMILES string of the molecule is Cc1ccccc1CN(C(=O)Cc1ccccc1Cl)[C@H](C)C(=O)NC1CCCC1. The van der Waals surface area contributed by atoms with Crippen molar-refractivity contribution in [3.05, 3.63) is 70.2 Å². The molecule has 2 aromatic rings. The van der Waals surface area contributed by atoms with E-state index in [4.69, 9.17) is 11.6 Å². The average molecular weight is 413 g/mol. The Hall–Kier alpha value is -2.33. The van der Waals surface area contributed by atoms with Crippen LogP contribution in [0.4, 0.5) is 0 Å². The van der Waals surface area contributed by atoms with Gasteiger partial charge in [0.05, 0.1) is 6.42 Å². The molecule has 0 heterocycles. The zero-order valence-corrected chi connectivity index (χ0v) is 17.9. The summed E-state index contributed by atoms with van der Waals surface area (Å²) < 4.78 is 0. The van der Waals surface area contributed by atoms with Crippen molar-refractivity contribution in [1.29, 1.82) is 0 Å². The van der Waals surface area contributed by atoms with Crippen LogP contribution in [0.5, 0.6) is 0 Å². The third-order valence-corrected chi connectivity index (χ3v) is 6.14. The molecule has 0 unspecified atom stereocenters. The van der Waals surface area contributed by atoms with Crippen molar-refractivity contribution >= 4 is 23.4 Å². The lowest BCUT2D eigenvalue weighted by molar-refractivity contribution is -0.140. The van der Waals surface area contributed by atoms with E-state index in [-0.39, 0.29) is 24.3 Å². The quantitative estimate of drug-likeness (QED) is 0.718. The lowest BCUT2D eigenvalue weighted by Gasteiger charge is -2.30. The summed E-state index contributed by atoms with van der Waals surface area (Å²) in [5.74, 6) is -0.187. The summed E-state index contributed by atoms with van der Waals surface area (Å²) in [5.41, 5.74) is 2.92. The molecule has 154 valence electrons. The fraction of sp³-hybridized carbons (Fsp3) is 0.417. The van der Waals surface area contributed by atoms with Crippen molar-refractivity contribution in [3.8, 4) is 0 Å². The number of halogens is 1. The van der Waals surface area contributed by atoms with Crippen molar-refractivity contribution in [2.75, 3.05) is 0 Å². The first kappa shape index (κ1) is 21.4. The summed E-state index contributed by atoms with van der Waals surface area (Å²) in [4.78, 5) is 27.8. The molecule has 0 saturated heterocycles. The normalized spacial score (nSPS) is 15.1. The van der Waals surface area contributed by atoms with Crippen LogP contribution in [0.25, 0.3) is 0 Å². The maximum absolute atomic E-state index is 13.3. The molecule has 0 bridgehead atoms. The summed E-state index contributed by atoms with van der Waals surface area (Å²) >= 11 is 6.26. The molecule has 2 amide bonds. The van der Waals surface area contributed by atoms with E-state index in [9.17, 15) is 9.59 Å². The number of aryl methyl sites for hydroxylation is 1. The van der Waals surface area contributed by atoms with Crippen molar-refractivity contribution in [3.63, 3.8) is 0 Å². The fourth-order valence-electron chi connectivity index (χ4n) is 3.85. The van der Waals surface area contributed by atoms with Gasteiger partial charge in [0, 0.05) is 17.6 Å². The number of benzene rings is 2. The Kier molecular flexibility index (Phi) is 7.32. The van der Waals surface area contributed by atoms with Crippen LogP contribution in [-0.4, -0.2) is 28.8 Å². The maximum atomic E-state index is 13.3. The highest BCUT2D eigenvalue weighted by Crippen LogP contribution is 2.21. The Bertz CT molecular complexity index is 861. The molecular weight excluding hydrogens is 384 g/mol. The van der Waals surface area contributed by atoms with Gasteiger partial charge in [-0.25, -0.2) is 0 Å². The van der Waals surface area contributed by atoms with Crippen molar-refractivity contribution in [2.24, 2.45) is 0 Å². The van der Waals surface area contributed by atoms with E-state index in [0.717, 1.165) is 42.4 Å². The predicted molar refractivity (Wildman–Crippen MR) is 117 cm³/mol. The second kappa shape index (κ2) is 9.93. The number of hydrogen-bond donors (Lipinski definition) is 1. The molecule has 1 fully saturated rings. The summed E-state index contributed by atoms with van der Waals surface area (Å²) in [7, 11) is 0. The summed E-state index contributed by atoms with van der Waals surface area (Å²) in [6, 6.07) is 15.0.